The summed E-state index contributed by atoms with van der Waals surface area (Å²) < 4.78 is 22.0. The molecule has 150 valence electrons. The summed E-state index contributed by atoms with van der Waals surface area (Å²) in [6.07, 6.45) is 0.521. The molecule has 1 amide bonds. The summed E-state index contributed by atoms with van der Waals surface area (Å²) >= 11 is 0. The van der Waals surface area contributed by atoms with Crippen molar-refractivity contribution in [1.82, 2.24) is 10.1 Å². The highest BCUT2D eigenvalue weighted by Crippen LogP contribution is 2.40. The number of carbonyl (C=O) groups excluding carboxylic acids is 1. The van der Waals surface area contributed by atoms with Crippen LogP contribution in [0.1, 0.15) is 35.2 Å². The highest BCUT2D eigenvalue weighted by atomic mass is 16.5. The van der Waals surface area contributed by atoms with E-state index in [-0.39, 0.29) is 24.8 Å². The fourth-order valence-corrected chi connectivity index (χ4v) is 3.83. The van der Waals surface area contributed by atoms with Gasteiger partial charge in [-0.25, -0.2) is 0 Å². The van der Waals surface area contributed by atoms with Gasteiger partial charge in [-0.15, -0.1) is 0 Å². The molecule has 2 aliphatic rings. The number of amides is 1. The van der Waals surface area contributed by atoms with E-state index in [9.17, 15) is 9.90 Å². The van der Waals surface area contributed by atoms with E-state index in [1.165, 1.54) is 0 Å². The molecule has 2 aliphatic heterocycles. The number of benzene rings is 1. The number of likely N-dealkylation sites (tertiary alicyclic amines) is 1. The molecular weight excluding hydrogens is 364 g/mol. The Balaban J connectivity index is 1.43. The van der Waals surface area contributed by atoms with E-state index >= 15 is 0 Å². The van der Waals surface area contributed by atoms with Crippen molar-refractivity contribution < 1.29 is 28.6 Å². The van der Waals surface area contributed by atoms with Crippen LogP contribution >= 0.6 is 0 Å². The van der Waals surface area contributed by atoms with E-state index < -0.39 is 11.2 Å². The number of aliphatic hydroxyl groups is 1. The van der Waals surface area contributed by atoms with Gasteiger partial charge in [0.15, 0.2) is 5.69 Å². The lowest BCUT2D eigenvalue weighted by Gasteiger charge is -2.46. The molecule has 1 atom stereocenters. The summed E-state index contributed by atoms with van der Waals surface area (Å²) in [5.41, 5.74) is -0.419. The predicted octanol–water partition coefficient (Wildman–Crippen LogP) is 1.94. The predicted molar refractivity (Wildman–Crippen MR) is 98.4 cm³/mol. The van der Waals surface area contributed by atoms with Crippen molar-refractivity contribution in [3.05, 3.63) is 41.3 Å². The summed E-state index contributed by atoms with van der Waals surface area (Å²) in [5.74, 6) is 1.64. The third kappa shape index (κ3) is 3.45. The van der Waals surface area contributed by atoms with E-state index in [0.29, 0.717) is 42.3 Å². The minimum Gasteiger partial charge on any atom is -0.497 e. The van der Waals surface area contributed by atoms with Crippen molar-refractivity contribution in [3.8, 4) is 11.5 Å². The van der Waals surface area contributed by atoms with E-state index in [2.05, 4.69) is 5.16 Å². The van der Waals surface area contributed by atoms with Crippen molar-refractivity contribution in [1.29, 1.82) is 0 Å². The average Bonchev–Trinajstić information content (AvgIpc) is 3.18. The van der Waals surface area contributed by atoms with Crippen LogP contribution in [0, 0.1) is 6.92 Å². The normalized spacial score (nSPS) is 22.9. The Kier molecular flexibility index (Phi) is 4.55. The number of carbonyl (C=O) groups is 1. The van der Waals surface area contributed by atoms with Gasteiger partial charge in [0.05, 0.1) is 38.0 Å². The maximum Gasteiger partial charge on any atom is 0.276 e. The number of hydrogen-bond donors (Lipinski definition) is 1. The lowest BCUT2D eigenvalue weighted by Crippen LogP contribution is -2.63. The lowest BCUT2D eigenvalue weighted by atomic mass is 9.85. The first kappa shape index (κ1) is 18.8. The van der Waals surface area contributed by atoms with Crippen molar-refractivity contribution in [2.24, 2.45) is 0 Å². The van der Waals surface area contributed by atoms with Crippen molar-refractivity contribution >= 4 is 5.91 Å². The topological polar surface area (TPSA) is 94.3 Å². The number of nitrogens with zero attached hydrogens (tertiary/aromatic N) is 2. The molecule has 0 aliphatic carbocycles. The smallest absolute Gasteiger partial charge is 0.276 e. The van der Waals surface area contributed by atoms with E-state index in [4.69, 9.17) is 18.7 Å². The van der Waals surface area contributed by atoms with Crippen LogP contribution in [-0.4, -0.2) is 59.1 Å². The Bertz CT molecular complexity index is 885. The van der Waals surface area contributed by atoms with E-state index in [1.807, 2.05) is 18.2 Å². The first-order chi connectivity index (χ1) is 13.3. The maximum absolute atomic E-state index is 12.9. The van der Waals surface area contributed by atoms with Crippen molar-refractivity contribution in [3.63, 3.8) is 0 Å². The van der Waals surface area contributed by atoms with Crippen molar-refractivity contribution in [2.75, 3.05) is 26.8 Å². The van der Waals surface area contributed by atoms with Gasteiger partial charge in [-0.1, -0.05) is 11.2 Å². The van der Waals surface area contributed by atoms with Gasteiger partial charge >= 0.3 is 0 Å². The molecule has 8 heteroatoms. The molecule has 8 nitrogen and oxygen atoms in total. The SMILES string of the molecule is COc1cccc(OCc2c(C(=O)N3CC4(C3)CC(C)(O)CO4)noc2C)c1. The molecule has 4 rings (SSSR count). The molecule has 1 aromatic carbocycles. The summed E-state index contributed by atoms with van der Waals surface area (Å²) in [5, 5.41) is 14.1. The van der Waals surface area contributed by atoms with Crippen LogP contribution in [0.15, 0.2) is 28.8 Å². The van der Waals surface area contributed by atoms with Gasteiger partial charge in [0.25, 0.3) is 5.91 Å². The molecule has 0 saturated carbocycles. The Morgan fingerprint density at radius 1 is 1.36 bits per heavy atom. The molecule has 1 aromatic heterocycles. The monoisotopic (exact) mass is 388 g/mol. The third-order valence-corrected chi connectivity index (χ3v) is 5.25. The first-order valence-electron chi connectivity index (χ1n) is 9.18. The van der Waals surface area contributed by atoms with Crippen LogP contribution < -0.4 is 9.47 Å². The Morgan fingerprint density at radius 3 is 2.79 bits per heavy atom. The van der Waals surface area contributed by atoms with E-state index in [1.54, 1.807) is 31.9 Å². The highest BCUT2D eigenvalue weighted by Gasteiger charge is 2.55. The minimum absolute atomic E-state index is 0.160. The molecule has 1 N–H and O–H groups in total. The molecule has 1 spiro atoms. The molecular formula is C20H24N2O6. The first-order valence-corrected chi connectivity index (χ1v) is 9.18. The molecule has 2 fully saturated rings. The zero-order valence-corrected chi connectivity index (χ0v) is 16.2. The second-order valence-electron chi connectivity index (χ2n) is 7.84. The lowest BCUT2D eigenvalue weighted by molar-refractivity contribution is -0.0957. The van der Waals surface area contributed by atoms with Gasteiger partial charge in [-0.3, -0.25) is 4.79 Å². The van der Waals surface area contributed by atoms with Gasteiger partial charge in [0.2, 0.25) is 0 Å². The number of rotatable bonds is 5. The van der Waals surface area contributed by atoms with Crippen LogP contribution in [0.25, 0.3) is 0 Å². The summed E-state index contributed by atoms with van der Waals surface area (Å²) in [4.78, 5) is 14.5. The molecule has 3 heterocycles. The zero-order chi connectivity index (χ0) is 19.9. The van der Waals surface area contributed by atoms with Gasteiger partial charge in [-0.05, 0) is 26.0 Å². The van der Waals surface area contributed by atoms with Crippen molar-refractivity contribution in [2.45, 2.75) is 38.1 Å². The number of aromatic nitrogens is 1. The summed E-state index contributed by atoms with van der Waals surface area (Å²) in [7, 11) is 1.59. The van der Waals surface area contributed by atoms with Gasteiger partial charge in [-0.2, -0.15) is 0 Å². The Labute approximate surface area is 163 Å². The van der Waals surface area contributed by atoms with Crippen LogP contribution in [0.4, 0.5) is 0 Å². The Morgan fingerprint density at radius 2 is 2.11 bits per heavy atom. The molecule has 0 radical (unpaired) electrons. The highest BCUT2D eigenvalue weighted by molar-refractivity contribution is 5.94. The number of methoxy groups -OCH3 is 1. The number of aryl methyl sites for hydroxylation is 1. The summed E-state index contributed by atoms with van der Waals surface area (Å²) in [6, 6.07) is 7.24. The van der Waals surface area contributed by atoms with Crippen LogP contribution in [0.3, 0.4) is 0 Å². The maximum atomic E-state index is 12.9. The van der Waals surface area contributed by atoms with Gasteiger partial charge < -0.3 is 28.7 Å². The van der Waals surface area contributed by atoms with Crippen LogP contribution in [-0.2, 0) is 11.3 Å². The number of hydrogen-bond acceptors (Lipinski definition) is 7. The number of ether oxygens (including phenoxy) is 3. The average molecular weight is 388 g/mol. The fraction of sp³-hybridized carbons (Fsp3) is 0.500. The van der Waals surface area contributed by atoms with E-state index in [0.717, 1.165) is 0 Å². The molecule has 2 saturated heterocycles. The Hall–Kier alpha value is -2.58. The van der Waals surface area contributed by atoms with Gasteiger partial charge in [0, 0.05) is 12.5 Å². The summed E-state index contributed by atoms with van der Waals surface area (Å²) in [6.45, 7) is 4.82. The van der Waals surface area contributed by atoms with Crippen LogP contribution in [0.2, 0.25) is 0 Å². The second-order valence-corrected chi connectivity index (χ2v) is 7.84. The van der Waals surface area contributed by atoms with Crippen LogP contribution in [0.5, 0.6) is 11.5 Å². The molecule has 1 unspecified atom stereocenters. The second kappa shape index (κ2) is 6.79. The molecule has 2 aromatic rings. The molecule has 0 bridgehead atoms. The largest absolute Gasteiger partial charge is 0.497 e. The minimum atomic E-state index is -0.838. The fourth-order valence-electron chi connectivity index (χ4n) is 3.83. The standard InChI is InChI=1S/C20H24N2O6/c1-13-16(8-26-15-6-4-5-14(7-15)25-3)17(21-28-13)18(23)22-10-20(11-22)9-19(2,24)12-27-20/h4-7,24H,8-12H2,1-3H3. The van der Waals surface area contributed by atoms with Gasteiger partial charge in [0.1, 0.15) is 29.5 Å². The quantitative estimate of drug-likeness (QED) is 0.836. The third-order valence-electron chi connectivity index (χ3n) is 5.25. The molecule has 28 heavy (non-hydrogen) atoms. The zero-order valence-electron chi connectivity index (χ0n) is 16.2.